The summed E-state index contributed by atoms with van der Waals surface area (Å²) in [4.78, 5) is 21.2. The maximum absolute atomic E-state index is 14.1. The third-order valence-corrected chi connectivity index (χ3v) is 9.01. The van der Waals surface area contributed by atoms with Gasteiger partial charge in [-0.15, -0.1) is 11.3 Å². The summed E-state index contributed by atoms with van der Waals surface area (Å²) >= 11 is 6.72. The molecule has 5 aromatic rings. The zero-order valence-electron chi connectivity index (χ0n) is 19.0. The molecule has 0 radical (unpaired) electrons. The monoisotopic (exact) mass is 560 g/mol. The first kappa shape index (κ1) is 22.6. The first-order chi connectivity index (χ1) is 17.1. The van der Waals surface area contributed by atoms with Crippen molar-refractivity contribution in [2.75, 3.05) is 7.11 Å². The molecule has 7 heteroatoms. The third-order valence-electron chi connectivity index (χ3n) is 6.31. The minimum absolute atomic E-state index is 0.00430. The van der Waals surface area contributed by atoms with Crippen LogP contribution in [0.3, 0.4) is 0 Å². The maximum Gasteiger partial charge on any atom is 0.267 e. The van der Waals surface area contributed by atoms with Crippen LogP contribution in [0.4, 0.5) is 0 Å². The summed E-state index contributed by atoms with van der Waals surface area (Å²) in [6.45, 7) is 0. The first-order valence-corrected chi connectivity index (χ1v) is 13.9. The van der Waals surface area contributed by atoms with E-state index in [1.807, 2.05) is 36.4 Å². The van der Waals surface area contributed by atoms with E-state index in [1.54, 1.807) is 34.8 Å². The van der Waals surface area contributed by atoms with Crippen molar-refractivity contribution in [1.29, 1.82) is 0 Å². The summed E-state index contributed by atoms with van der Waals surface area (Å²) < 4.78 is 8.14. The molecule has 6 rings (SSSR count). The van der Waals surface area contributed by atoms with E-state index in [9.17, 15) is 4.79 Å². The van der Waals surface area contributed by atoms with Gasteiger partial charge in [0.25, 0.3) is 5.56 Å². The van der Waals surface area contributed by atoms with Crippen LogP contribution in [0.5, 0.6) is 5.75 Å². The van der Waals surface area contributed by atoms with Gasteiger partial charge in [0.1, 0.15) is 10.6 Å². The first-order valence-electron chi connectivity index (χ1n) is 11.3. The molecule has 0 saturated carbocycles. The van der Waals surface area contributed by atoms with Crippen LogP contribution in [0.2, 0.25) is 0 Å². The van der Waals surface area contributed by atoms with E-state index in [-0.39, 0.29) is 5.56 Å². The lowest BCUT2D eigenvalue weighted by molar-refractivity contribution is 0.414. The highest BCUT2D eigenvalue weighted by molar-refractivity contribution is 9.10. The van der Waals surface area contributed by atoms with Crippen LogP contribution in [0.25, 0.3) is 26.3 Å². The molecule has 0 fully saturated rings. The molecule has 0 amide bonds. The molecule has 0 atom stereocenters. The summed E-state index contributed by atoms with van der Waals surface area (Å²) in [5.41, 5.74) is 5.67. The van der Waals surface area contributed by atoms with Gasteiger partial charge < -0.3 is 4.74 Å². The van der Waals surface area contributed by atoms with Crippen molar-refractivity contribution in [2.45, 2.75) is 23.8 Å². The number of fused-ring (bicyclic) bond motifs is 5. The Morgan fingerprint density at radius 1 is 1.03 bits per heavy atom. The number of methoxy groups -OCH3 is 1. The number of thioether (sulfide) groups is 1. The smallest absolute Gasteiger partial charge is 0.267 e. The predicted molar refractivity (Wildman–Crippen MR) is 148 cm³/mol. The molecule has 0 N–H and O–H groups in total. The van der Waals surface area contributed by atoms with Gasteiger partial charge in [-0.2, -0.15) is 0 Å². The van der Waals surface area contributed by atoms with E-state index in [4.69, 9.17) is 9.72 Å². The van der Waals surface area contributed by atoms with Crippen LogP contribution in [0.1, 0.15) is 16.7 Å². The van der Waals surface area contributed by atoms with Crippen molar-refractivity contribution < 1.29 is 4.74 Å². The fourth-order valence-corrected chi connectivity index (χ4v) is 7.10. The number of thiophene rings is 1. The Morgan fingerprint density at radius 3 is 2.57 bits per heavy atom. The molecule has 35 heavy (non-hydrogen) atoms. The average Bonchev–Trinajstić information content (AvgIpc) is 3.28. The van der Waals surface area contributed by atoms with E-state index in [0.29, 0.717) is 5.16 Å². The van der Waals surface area contributed by atoms with Gasteiger partial charge in [0, 0.05) is 15.1 Å². The molecule has 0 saturated heterocycles. The van der Waals surface area contributed by atoms with E-state index in [2.05, 4.69) is 52.3 Å². The number of hydrogen-bond donors (Lipinski definition) is 0. The van der Waals surface area contributed by atoms with E-state index in [1.165, 1.54) is 21.6 Å². The highest BCUT2D eigenvalue weighted by Crippen LogP contribution is 2.43. The van der Waals surface area contributed by atoms with Gasteiger partial charge in [0.05, 0.1) is 18.2 Å². The zero-order valence-corrected chi connectivity index (χ0v) is 22.2. The minimum Gasteiger partial charge on any atom is -0.497 e. The number of ether oxygens (including phenoxy) is 1. The molecule has 2 heterocycles. The minimum atomic E-state index is -0.00430. The highest BCUT2D eigenvalue weighted by Gasteiger charge is 2.25. The van der Waals surface area contributed by atoms with Crippen molar-refractivity contribution >= 4 is 49.2 Å². The van der Waals surface area contributed by atoms with Crippen LogP contribution in [-0.2, 0) is 18.6 Å². The molecule has 0 bridgehead atoms. The van der Waals surface area contributed by atoms with E-state index in [0.717, 1.165) is 50.3 Å². The Hall–Kier alpha value is -2.87. The maximum atomic E-state index is 14.1. The number of rotatable bonds is 5. The van der Waals surface area contributed by atoms with Gasteiger partial charge in [-0.25, -0.2) is 4.98 Å². The molecule has 0 unspecified atom stereocenters. The number of halogens is 1. The molecule has 3 aromatic carbocycles. The van der Waals surface area contributed by atoms with Crippen molar-refractivity contribution in [1.82, 2.24) is 9.55 Å². The third kappa shape index (κ3) is 4.11. The lowest BCUT2D eigenvalue weighted by atomic mass is 9.90. The fourth-order valence-electron chi connectivity index (χ4n) is 4.55. The Morgan fingerprint density at radius 2 is 1.80 bits per heavy atom. The Bertz CT molecular complexity index is 1610. The summed E-state index contributed by atoms with van der Waals surface area (Å²) in [6, 6.07) is 24.4. The normalized spacial score (nSPS) is 12.4. The van der Waals surface area contributed by atoms with Crippen LogP contribution in [0.15, 0.2) is 87.2 Å². The summed E-state index contributed by atoms with van der Waals surface area (Å²) in [6.07, 6.45) is 1.80. The highest BCUT2D eigenvalue weighted by atomic mass is 79.9. The Labute approximate surface area is 219 Å². The van der Waals surface area contributed by atoms with Crippen molar-refractivity contribution in [3.8, 4) is 21.9 Å². The van der Waals surface area contributed by atoms with Crippen molar-refractivity contribution in [3.05, 3.63) is 104 Å². The summed E-state index contributed by atoms with van der Waals surface area (Å²) in [7, 11) is 1.64. The lowest BCUT2D eigenvalue weighted by Gasteiger charge is -2.16. The van der Waals surface area contributed by atoms with Gasteiger partial charge >= 0.3 is 0 Å². The molecule has 174 valence electrons. The van der Waals surface area contributed by atoms with Gasteiger partial charge in [0.2, 0.25) is 0 Å². The topological polar surface area (TPSA) is 44.1 Å². The number of nitrogens with zero attached hydrogens (tertiary/aromatic N) is 2. The van der Waals surface area contributed by atoms with Crippen LogP contribution >= 0.6 is 39.0 Å². The van der Waals surface area contributed by atoms with E-state index >= 15 is 0 Å². The summed E-state index contributed by atoms with van der Waals surface area (Å²) in [5, 5.41) is 1.45. The molecule has 4 nitrogen and oxygen atoms in total. The van der Waals surface area contributed by atoms with Crippen molar-refractivity contribution in [3.63, 3.8) is 0 Å². The molecule has 0 spiro atoms. The van der Waals surface area contributed by atoms with Gasteiger partial charge in [-0.1, -0.05) is 64.1 Å². The Kier molecular flexibility index (Phi) is 6.00. The summed E-state index contributed by atoms with van der Waals surface area (Å²) in [5.74, 6) is 1.47. The van der Waals surface area contributed by atoms with Crippen LogP contribution < -0.4 is 10.3 Å². The fraction of sp³-hybridized carbons (Fsp3) is 0.143. The number of benzene rings is 3. The second kappa shape index (κ2) is 9.30. The van der Waals surface area contributed by atoms with Gasteiger partial charge in [-0.3, -0.25) is 9.36 Å². The quantitative estimate of drug-likeness (QED) is 0.167. The molecule has 0 aliphatic heterocycles. The number of aromatic nitrogens is 2. The van der Waals surface area contributed by atoms with Crippen LogP contribution in [-0.4, -0.2) is 16.7 Å². The molecular formula is C28H21BrN2O2S2. The van der Waals surface area contributed by atoms with E-state index < -0.39 is 0 Å². The molecular weight excluding hydrogens is 540 g/mol. The zero-order chi connectivity index (χ0) is 23.9. The second-order valence-electron chi connectivity index (χ2n) is 8.40. The molecule has 1 aliphatic carbocycles. The van der Waals surface area contributed by atoms with Crippen LogP contribution in [0, 0.1) is 0 Å². The second-order valence-corrected chi connectivity index (χ2v) is 11.3. The molecule has 2 aromatic heterocycles. The largest absolute Gasteiger partial charge is 0.497 e. The van der Waals surface area contributed by atoms with Crippen molar-refractivity contribution in [2.24, 2.45) is 0 Å². The van der Waals surface area contributed by atoms with Gasteiger partial charge in [-0.05, 0) is 71.5 Å². The molecule has 1 aliphatic rings. The number of aryl methyl sites for hydroxylation is 2. The van der Waals surface area contributed by atoms with Gasteiger partial charge in [0.15, 0.2) is 5.16 Å². The SMILES string of the molecule is COc1ccc(-n2c(SCc3ccc(Br)cc3)nc3sc4c(c3c2=O)CCc2ccccc2-4)cc1. The number of hydrogen-bond acceptors (Lipinski definition) is 5. The Balaban J connectivity index is 1.53. The average molecular weight is 562 g/mol. The lowest BCUT2D eigenvalue weighted by Crippen LogP contribution is -2.22. The standard InChI is InChI=1S/C28H21BrN2O2S2/c1-33-21-13-11-20(12-14-21)31-27(32)24-23-15-8-18-4-2-3-5-22(18)25(23)35-26(24)30-28(31)34-16-17-6-9-19(29)10-7-17/h2-7,9-14H,8,15-16H2,1H3. The predicted octanol–water partition coefficient (Wildman–Crippen LogP) is 7.28.